The van der Waals surface area contributed by atoms with Crippen LogP contribution in [-0.4, -0.2) is 18.4 Å². The summed E-state index contributed by atoms with van der Waals surface area (Å²) < 4.78 is 4.79. The van der Waals surface area contributed by atoms with Crippen LogP contribution in [0.15, 0.2) is 34.9 Å². The monoisotopic (exact) mass is 320 g/mol. The van der Waals surface area contributed by atoms with E-state index in [4.69, 9.17) is 4.74 Å². The second-order valence-corrected chi connectivity index (χ2v) is 6.23. The van der Waals surface area contributed by atoms with E-state index in [0.29, 0.717) is 19.4 Å². The minimum atomic E-state index is -0.421. The highest BCUT2D eigenvalue weighted by atomic mass is 16.5. The number of esters is 1. The number of rotatable bonds is 11. The maximum absolute atomic E-state index is 11.7. The Morgan fingerprint density at radius 2 is 1.48 bits per heavy atom. The molecule has 0 bridgehead atoms. The van der Waals surface area contributed by atoms with Crippen LogP contribution in [-0.2, 0) is 14.3 Å². The van der Waals surface area contributed by atoms with E-state index >= 15 is 0 Å². The maximum Gasteiger partial charge on any atom is 0.313 e. The highest BCUT2D eigenvalue weighted by molar-refractivity contribution is 5.95. The summed E-state index contributed by atoms with van der Waals surface area (Å²) in [4.78, 5) is 23.0. The molecule has 0 aliphatic rings. The largest absolute Gasteiger partial charge is 0.466 e. The number of allylic oxidation sites excluding steroid dienone is 6. The third-order valence-corrected chi connectivity index (χ3v) is 3.29. The molecule has 0 saturated heterocycles. The van der Waals surface area contributed by atoms with Gasteiger partial charge in [0.05, 0.1) is 6.61 Å². The van der Waals surface area contributed by atoms with Crippen LogP contribution in [0.25, 0.3) is 0 Å². The van der Waals surface area contributed by atoms with E-state index in [1.807, 2.05) is 0 Å². The molecule has 0 radical (unpaired) electrons. The molecule has 0 aliphatic heterocycles. The van der Waals surface area contributed by atoms with Gasteiger partial charge in [-0.15, -0.1) is 0 Å². The quantitative estimate of drug-likeness (QED) is 0.294. The third kappa shape index (κ3) is 13.7. The Balaban J connectivity index is 4.44. The predicted octanol–water partition coefficient (Wildman–Crippen LogP) is 5.32. The predicted molar refractivity (Wildman–Crippen MR) is 96.3 cm³/mol. The van der Waals surface area contributed by atoms with E-state index in [2.05, 4.69) is 45.9 Å². The molecule has 130 valence electrons. The van der Waals surface area contributed by atoms with Crippen molar-refractivity contribution in [1.29, 1.82) is 0 Å². The molecule has 3 heteroatoms. The molecule has 0 rings (SSSR count). The number of carbonyl (C=O) groups excluding carboxylic acids is 2. The van der Waals surface area contributed by atoms with Crippen molar-refractivity contribution in [3.05, 3.63) is 34.9 Å². The van der Waals surface area contributed by atoms with Crippen molar-refractivity contribution < 1.29 is 14.3 Å². The van der Waals surface area contributed by atoms with Gasteiger partial charge < -0.3 is 4.74 Å². The van der Waals surface area contributed by atoms with E-state index < -0.39 is 5.97 Å². The fourth-order valence-corrected chi connectivity index (χ4v) is 2.07. The van der Waals surface area contributed by atoms with Crippen molar-refractivity contribution in [2.24, 2.45) is 0 Å². The lowest BCUT2D eigenvalue weighted by atomic mass is 10.0. The summed E-state index contributed by atoms with van der Waals surface area (Å²) in [7, 11) is 0. The molecule has 0 N–H and O–H groups in total. The molecule has 0 fully saturated rings. The summed E-state index contributed by atoms with van der Waals surface area (Å²) in [5, 5.41) is 0. The smallest absolute Gasteiger partial charge is 0.313 e. The van der Waals surface area contributed by atoms with Gasteiger partial charge in [-0.2, -0.15) is 0 Å². The molecular formula is C20H32O3. The van der Waals surface area contributed by atoms with Crippen LogP contribution in [0, 0.1) is 0 Å². The average Bonchev–Trinajstić information content (AvgIpc) is 2.43. The first-order valence-corrected chi connectivity index (χ1v) is 8.47. The Labute approximate surface area is 141 Å². The number of carbonyl (C=O) groups is 2. The summed E-state index contributed by atoms with van der Waals surface area (Å²) in [5.41, 5.74) is 3.99. The number of Topliss-reactive ketones (excluding diaryl/α,β-unsaturated/α-hetero) is 1. The number of hydrogen-bond acceptors (Lipinski definition) is 3. The lowest BCUT2D eigenvalue weighted by Gasteiger charge is -2.05. The van der Waals surface area contributed by atoms with Gasteiger partial charge in [-0.1, -0.05) is 34.9 Å². The summed E-state index contributed by atoms with van der Waals surface area (Å²) in [6.07, 6.45) is 10.6. The normalized spacial score (nSPS) is 10.9. The first kappa shape index (κ1) is 21.4. The van der Waals surface area contributed by atoms with Crippen molar-refractivity contribution >= 4 is 11.8 Å². The van der Waals surface area contributed by atoms with Gasteiger partial charge in [0.2, 0.25) is 0 Å². The average molecular weight is 320 g/mol. The molecule has 0 aromatic carbocycles. The van der Waals surface area contributed by atoms with Gasteiger partial charge >= 0.3 is 5.97 Å². The molecule has 3 nitrogen and oxygen atoms in total. The molecule has 0 aliphatic carbocycles. The van der Waals surface area contributed by atoms with Crippen LogP contribution in [0.3, 0.4) is 0 Å². The van der Waals surface area contributed by atoms with Crippen molar-refractivity contribution in [3.8, 4) is 0 Å². The molecular weight excluding hydrogens is 288 g/mol. The summed E-state index contributed by atoms with van der Waals surface area (Å²) in [5.74, 6) is -0.472. The lowest BCUT2D eigenvalue weighted by molar-refractivity contribution is -0.145. The molecule has 0 aromatic heterocycles. The van der Waals surface area contributed by atoms with E-state index in [1.165, 1.54) is 16.7 Å². The Bertz CT molecular complexity index is 459. The summed E-state index contributed by atoms with van der Waals surface area (Å²) in [6.45, 7) is 10.5. The fourth-order valence-electron chi connectivity index (χ4n) is 2.07. The Morgan fingerprint density at radius 3 is 2.04 bits per heavy atom. The minimum absolute atomic E-state index is 0.0504. The minimum Gasteiger partial charge on any atom is -0.466 e. The van der Waals surface area contributed by atoms with Crippen LogP contribution in [0.4, 0.5) is 0 Å². The molecule has 0 spiro atoms. The van der Waals surface area contributed by atoms with Crippen molar-refractivity contribution in [3.63, 3.8) is 0 Å². The zero-order valence-corrected chi connectivity index (χ0v) is 15.4. The van der Waals surface area contributed by atoms with Crippen LogP contribution in [0.1, 0.15) is 73.1 Å². The second kappa shape index (κ2) is 12.9. The van der Waals surface area contributed by atoms with Gasteiger partial charge in [-0.3, -0.25) is 9.59 Å². The van der Waals surface area contributed by atoms with Crippen molar-refractivity contribution in [2.45, 2.75) is 73.1 Å². The summed E-state index contributed by atoms with van der Waals surface area (Å²) in [6, 6.07) is 0. The molecule has 0 unspecified atom stereocenters. The van der Waals surface area contributed by atoms with Crippen LogP contribution < -0.4 is 0 Å². The molecule has 0 amide bonds. The molecule has 0 saturated carbocycles. The van der Waals surface area contributed by atoms with Crippen LogP contribution >= 0.6 is 0 Å². The standard InChI is InChI=1S/C20H32O3/c1-6-23-20(22)15-19(21)12-8-11-18(14-13-17(4)5)10-7-9-16(2)3/h9,11,13H,6-8,10,12,14-15H2,1-5H3/b18-11-. The fraction of sp³-hybridized carbons (Fsp3) is 0.600. The topological polar surface area (TPSA) is 43.4 Å². The number of ether oxygens (including phenoxy) is 1. The molecule has 0 aromatic rings. The number of ketones is 1. The Morgan fingerprint density at radius 1 is 0.870 bits per heavy atom. The van der Waals surface area contributed by atoms with Crippen LogP contribution in [0.2, 0.25) is 0 Å². The lowest BCUT2D eigenvalue weighted by Crippen LogP contribution is -2.10. The van der Waals surface area contributed by atoms with E-state index in [1.54, 1.807) is 6.92 Å². The molecule has 0 atom stereocenters. The first-order valence-electron chi connectivity index (χ1n) is 8.47. The number of hydrogen-bond donors (Lipinski definition) is 0. The van der Waals surface area contributed by atoms with Gasteiger partial charge in [-0.25, -0.2) is 0 Å². The highest BCUT2D eigenvalue weighted by Gasteiger charge is 2.09. The second-order valence-electron chi connectivity index (χ2n) is 6.23. The maximum atomic E-state index is 11.7. The van der Waals surface area contributed by atoms with Crippen molar-refractivity contribution in [2.75, 3.05) is 6.61 Å². The summed E-state index contributed by atoms with van der Waals surface area (Å²) >= 11 is 0. The van der Waals surface area contributed by atoms with Gasteiger partial charge in [-0.05, 0) is 60.3 Å². The molecule has 0 heterocycles. The van der Waals surface area contributed by atoms with Gasteiger partial charge in [0, 0.05) is 6.42 Å². The first-order chi connectivity index (χ1) is 10.8. The van der Waals surface area contributed by atoms with E-state index in [0.717, 1.165) is 19.3 Å². The van der Waals surface area contributed by atoms with Gasteiger partial charge in [0.25, 0.3) is 0 Å². The Kier molecular flexibility index (Phi) is 11.9. The van der Waals surface area contributed by atoms with Gasteiger partial charge in [0.15, 0.2) is 0 Å². The van der Waals surface area contributed by atoms with E-state index in [-0.39, 0.29) is 12.2 Å². The van der Waals surface area contributed by atoms with Crippen molar-refractivity contribution in [1.82, 2.24) is 0 Å². The zero-order valence-electron chi connectivity index (χ0n) is 15.4. The molecule has 23 heavy (non-hydrogen) atoms. The highest BCUT2D eigenvalue weighted by Crippen LogP contribution is 2.15. The van der Waals surface area contributed by atoms with Gasteiger partial charge in [0.1, 0.15) is 12.2 Å². The third-order valence-electron chi connectivity index (χ3n) is 3.29. The van der Waals surface area contributed by atoms with Crippen LogP contribution in [0.5, 0.6) is 0 Å². The Hall–Kier alpha value is -1.64. The zero-order chi connectivity index (χ0) is 17.7. The van der Waals surface area contributed by atoms with E-state index in [9.17, 15) is 9.59 Å². The SMILES string of the molecule is CCOC(=O)CC(=O)CC/C=C(\CC=C(C)C)CCC=C(C)C.